The van der Waals surface area contributed by atoms with Crippen LogP contribution < -0.4 is 15.0 Å². The number of fused-ring (bicyclic) bond motifs is 1. The molecule has 152 valence electrons. The molecule has 5 nitrogen and oxygen atoms in total. The number of halogens is 1. The standard InChI is InChI=1S/C23H25ClN2O3/c1-15(2)10-11-29-20-9-8-17(13-21(20)28-4)12-18(24)19-14-23(27)26-16(3)6-5-7-22(26)25-19/h5-9,12-15H,10-11H2,1-4H3/b18-12-. The topological polar surface area (TPSA) is 52.8 Å². The van der Waals surface area contributed by atoms with Gasteiger partial charge >= 0.3 is 0 Å². The molecule has 3 rings (SSSR count). The van der Waals surface area contributed by atoms with E-state index >= 15 is 0 Å². The molecule has 1 aromatic carbocycles. The molecule has 0 saturated heterocycles. The van der Waals surface area contributed by atoms with Crippen LogP contribution in [0, 0.1) is 12.8 Å². The molecule has 2 aromatic heterocycles. The number of nitrogens with zero attached hydrogens (tertiary/aromatic N) is 2. The zero-order chi connectivity index (χ0) is 21.0. The molecule has 0 saturated carbocycles. The number of rotatable bonds is 7. The van der Waals surface area contributed by atoms with Gasteiger partial charge in [-0.05, 0) is 55.2 Å². The maximum atomic E-state index is 12.5. The second kappa shape index (κ2) is 9.14. The zero-order valence-corrected chi connectivity index (χ0v) is 17.9. The highest BCUT2D eigenvalue weighted by atomic mass is 35.5. The molecule has 0 aliphatic carbocycles. The van der Waals surface area contributed by atoms with Crippen LogP contribution in [0.2, 0.25) is 0 Å². The number of hydrogen-bond acceptors (Lipinski definition) is 4. The van der Waals surface area contributed by atoms with Crippen LogP contribution in [0.3, 0.4) is 0 Å². The monoisotopic (exact) mass is 412 g/mol. The van der Waals surface area contributed by atoms with Gasteiger partial charge in [-0.1, -0.05) is 37.6 Å². The number of aryl methyl sites for hydroxylation is 1. The van der Waals surface area contributed by atoms with Gasteiger partial charge in [-0.3, -0.25) is 9.20 Å². The Bertz CT molecular complexity index is 1100. The average molecular weight is 413 g/mol. The molecule has 3 aromatic rings. The Morgan fingerprint density at radius 2 is 2.00 bits per heavy atom. The van der Waals surface area contributed by atoms with Crippen molar-refractivity contribution in [2.45, 2.75) is 27.2 Å². The van der Waals surface area contributed by atoms with Crippen molar-refractivity contribution < 1.29 is 9.47 Å². The molecule has 2 heterocycles. The van der Waals surface area contributed by atoms with Crippen LogP contribution in [0.5, 0.6) is 11.5 Å². The lowest BCUT2D eigenvalue weighted by molar-refractivity contribution is 0.273. The highest BCUT2D eigenvalue weighted by Crippen LogP contribution is 2.30. The molecular formula is C23H25ClN2O3. The number of benzene rings is 1. The fourth-order valence-corrected chi connectivity index (χ4v) is 3.18. The third-order valence-corrected chi connectivity index (χ3v) is 4.86. The van der Waals surface area contributed by atoms with Crippen molar-refractivity contribution >= 4 is 28.4 Å². The summed E-state index contributed by atoms with van der Waals surface area (Å²) in [5, 5.41) is 0.377. The largest absolute Gasteiger partial charge is 0.493 e. The fourth-order valence-electron chi connectivity index (χ4n) is 2.95. The SMILES string of the molecule is COc1cc(/C=C(\Cl)c2cc(=O)n3c(C)cccc3n2)ccc1OCCC(C)C. The number of aromatic nitrogens is 2. The number of ether oxygens (including phenoxy) is 2. The molecule has 0 fully saturated rings. The fraction of sp³-hybridized carbons (Fsp3) is 0.304. The number of hydrogen-bond donors (Lipinski definition) is 0. The Morgan fingerprint density at radius 1 is 1.21 bits per heavy atom. The minimum absolute atomic E-state index is 0.166. The molecule has 0 spiro atoms. The van der Waals surface area contributed by atoms with Crippen molar-refractivity contribution in [3.05, 3.63) is 69.8 Å². The van der Waals surface area contributed by atoms with Crippen LogP contribution in [0.25, 0.3) is 16.8 Å². The first kappa shape index (κ1) is 20.9. The second-order valence-corrected chi connectivity index (χ2v) is 7.68. The van der Waals surface area contributed by atoms with Crippen LogP contribution in [-0.4, -0.2) is 23.1 Å². The highest BCUT2D eigenvalue weighted by Gasteiger charge is 2.09. The normalized spacial score (nSPS) is 11.9. The third kappa shape index (κ3) is 4.98. The Kier molecular flexibility index (Phi) is 6.60. The zero-order valence-electron chi connectivity index (χ0n) is 17.1. The van der Waals surface area contributed by atoms with Crippen LogP contribution in [0.15, 0.2) is 47.3 Å². The van der Waals surface area contributed by atoms with Gasteiger partial charge in [-0.25, -0.2) is 4.98 Å². The van der Waals surface area contributed by atoms with Gasteiger partial charge in [0.2, 0.25) is 0 Å². The van der Waals surface area contributed by atoms with Crippen molar-refractivity contribution in [1.82, 2.24) is 9.38 Å². The van der Waals surface area contributed by atoms with Gasteiger partial charge in [0.1, 0.15) is 5.65 Å². The van der Waals surface area contributed by atoms with Crippen molar-refractivity contribution in [1.29, 1.82) is 0 Å². The first-order chi connectivity index (χ1) is 13.9. The minimum Gasteiger partial charge on any atom is -0.493 e. The highest BCUT2D eigenvalue weighted by molar-refractivity contribution is 6.51. The van der Waals surface area contributed by atoms with E-state index in [4.69, 9.17) is 21.1 Å². The third-order valence-electron chi connectivity index (χ3n) is 4.56. The molecule has 0 radical (unpaired) electrons. The Morgan fingerprint density at radius 3 is 2.72 bits per heavy atom. The van der Waals surface area contributed by atoms with Crippen molar-refractivity contribution in [3.63, 3.8) is 0 Å². The van der Waals surface area contributed by atoms with E-state index in [1.54, 1.807) is 23.7 Å². The Balaban J connectivity index is 1.89. The van der Waals surface area contributed by atoms with Crippen molar-refractivity contribution in [3.8, 4) is 11.5 Å². The minimum atomic E-state index is -0.166. The van der Waals surface area contributed by atoms with Crippen LogP contribution in [0.4, 0.5) is 0 Å². The van der Waals surface area contributed by atoms with E-state index < -0.39 is 0 Å². The second-order valence-electron chi connectivity index (χ2n) is 7.27. The molecule has 0 bridgehead atoms. The van der Waals surface area contributed by atoms with Gasteiger partial charge < -0.3 is 9.47 Å². The number of pyridine rings is 1. The van der Waals surface area contributed by atoms with Gasteiger partial charge in [0, 0.05) is 11.8 Å². The van der Waals surface area contributed by atoms with E-state index in [0.717, 1.165) is 17.7 Å². The van der Waals surface area contributed by atoms with Gasteiger partial charge in [0.05, 0.1) is 24.4 Å². The van der Waals surface area contributed by atoms with Gasteiger partial charge in [0.15, 0.2) is 11.5 Å². The van der Waals surface area contributed by atoms with Crippen molar-refractivity contribution in [2.75, 3.05) is 13.7 Å². The Labute approximate surface area is 175 Å². The first-order valence-electron chi connectivity index (χ1n) is 9.57. The summed E-state index contributed by atoms with van der Waals surface area (Å²) in [6.07, 6.45) is 2.73. The Hall–Kier alpha value is -2.79. The van der Waals surface area contributed by atoms with Crippen molar-refractivity contribution in [2.24, 2.45) is 5.92 Å². The molecule has 0 N–H and O–H groups in total. The molecule has 29 heavy (non-hydrogen) atoms. The van der Waals surface area contributed by atoms with E-state index in [-0.39, 0.29) is 5.56 Å². The van der Waals surface area contributed by atoms with E-state index in [9.17, 15) is 4.79 Å². The summed E-state index contributed by atoms with van der Waals surface area (Å²) in [5.74, 6) is 1.90. The maximum absolute atomic E-state index is 12.5. The molecule has 6 heteroatoms. The summed E-state index contributed by atoms with van der Waals surface area (Å²) < 4.78 is 12.8. The summed E-state index contributed by atoms with van der Waals surface area (Å²) in [4.78, 5) is 17.0. The van der Waals surface area contributed by atoms with E-state index in [1.807, 2.05) is 37.3 Å². The lowest BCUT2D eigenvalue weighted by atomic mass is 10.1. The smallest absolute Gasteiger partial charge is 0.258 e. The summed E-state index contributed by atoms with van der Waals surface area (Å²) >= 11 is 6.49. The lowest BCUT2D eigenvalue weighted by Gasteiger charge is -2.12. The first-order valence-corrected chi connectivity index (χ1v) is 9.94. The summed E-state index contributed by atoms with van der Waals surface area (Å²) in [7, 11) is 1.61. The van der Waals surface area contributed by atoms with Crippen LogP contribution in [-0.2, 0) is 0 Å². The molecule has 0 unspecified atom stereocenters. The number of methoxy groups -OCH3 is 1. The molecule has 0 aliphatic heterocycles. The molecule has 0 amide bonds. The molecule has 0 atom stereocenters. The quantitative estimate of drug-likeness (QED) is 0.537. The summed E-state index contributed by atoms with van der Waals surface area (Å²) in [6.45, 7) is 6.81. The van der Waals surface area contributed by atoms with E-state index in [2.05, 4.69) is 18.8 Å². The summed E-state index contributed by atoms with van der Waals surface area (Å²) in [5.41, 5.74) is 2.48. The van der Waals surface area contributed by atoms with Gasteiger partial charge in [-0.2, -0.15) is 0 Å². The lowest BCUT2D eigenvalue weighted by Crippen LogP contribution is -2.16. The molecule has 0 aliphatic rings. The predicted molar refractivity (Wildman–Crippen MR) is 118 cm³/mol. The van der Waals surface area contributed by atoms with Gasteiger partial charge in [0.25, 0.3) is 5.56 Å². The average Bonchev–Trinajstić information content (AvgIpc) is 2.68. The van der Waals surface area contributed by atoms with Gasteiger partial charge in [-0.15, -0.1) is 0 Å². The van der Waals surface area contributed by atoms with Crippen LogP contribution >= 0.6 is 11.6 Å². The summed E-state index contributed by atoms with van der Waals surface area (Å²) in [6, 6.07) is 12.6. The predicted octanol–water partition coefficient (Wildman–Crippen LogP) is 5.17. The van der Waals surface area contributed by atoms with E-state index in [0.29, 0.717) is 40.4 Å². The maximum Gasteiger partial charge on any atom is 0.258 e. The van der Waals surface area contributed by atoms with E-state index in [1.165, 1.54) is 6.07 Å². The molecular weight excluding hydrogens is 388 g/mol. The van der Waals surface area contributed by atoms with Crippen LogP contribution in [0.1, 0.15) is 37.2 Å².